The maximum absolute atomic E-state index is 11.7. The Morgan fingerprint density at radius 3 is 2.83 bits per heavy atom. The number of hydrogen-bond donors (Lipinski definition) is 3. The molecule has 0 bridgehead atoms. The van der Waals surface area contributed by atoms with Crippen LogP contribution in [0, 0.1) is 5.92 Å². The first-order valence-electron chi connectivity index (χ1n) is 5.91. The van der Waals surface area contributed by atoms with Crippen molar-refractivity contribution in [3.8, 4) is 11.5 Å². The lowest BCUT2D eigenvalue weighted by atomic mass is 10.1. The van der Waals surface area contributed by atoms with Crippen molar-refractivity contribution in [2.24, 2.45) is 5.92 Å². The van der Waals surface area contributed by atoms with Gasteiger partial charge in [-0.15, -0.1) is 0 Å². The minimum Gasteiger partial charge on any atom is -0.504 e. The van der Waals surface area contributed by atoms with E-state index in [2.05, 4.69) is 28.2 Å². The molecule has 0 aliphatic heterocycles. The first-order chi connectivity index (χ1) is 8.56. The Morgan fingerprint density at radius 2 is 2.17 bits per heavy atom. The molecule has 3 N–H and O–H groups in total. The fourth-order valence-corrected chi connectivity index (χ4v) is 1.86. The molecular formula is C13H18BrNO3. The molecule has 0 radical (unpaired) electrons. The van der Waals surface area contributed by atoms with Crippen molar-refractivity contribution in [1.82, 2.24) is 5.32 Å². The second kappa shape index (κ2) is 7.26. The molecule has 1 amide bonds. The first-order valence-corrected chi connectivity index (χ1v) is 7.03. The van der Waals surface area contributed by atoms with E-state index < -0.39 is 0 Å². The normalized spacial score (nSPS) is 12.1. The quantitative estimate of drug-likeness (QED) is 0.429. The number of benzene rings is 1. The molecular weight excluding hydrogens is 298 g/mol. The number of rotatable bonds is 6. The van der Waals surface area contributed by atoms with E-state index in [-0.39, 0.29) is 23.0 Å². The molecule has 1 rings (SSSR count). The SMILES string of the molecule is CC(CBr)CCCNC(=O)c1cccc(O)c1O. The van der Waals surface area contributed by atoms with Gasteiger partial charge >= 0.3 is 0 Å². The molecule has 0 saturated carbocycles. The van der Waals surface area contributed by atoms with Gasteiger partial charge in [-0.05, 0) is 30.9 Å². The van der Waals surface area contributed by atoms with Crippen LogP contribution in [0.1, 0.15) is 30.1 Å². The van der Waals surface area contributed by atoms with Crippen LogP contribution in [-0.2, 0) is 0 Å². The summed E-state index contributed by atoms with van der Waals surface area (Å²) < 4.78 is 0. The first kappa shape index (κ1) is 14.8. The van der Waals surface area contributed by atoms with Crippen molar-refractivity contribution in [3.63, 3.8) is 0 Å². The van der Waals surface area contributed by atoms with Crippen LogP contribution < -0.4 is 5.32 Å². The van der Waals surface area contributed by atoms with Crippen LogP contribution in [0.3, 0.4) is 0 Å². The van der Waals surface area contributed by atoms with Crippen molar-refractivity contribution in [3.05, 3.63) is 23.8 Å². The lowest BCUT2D eigenvalue weighted by Crippen LogP contribution is -2.24. The van der Waals surface area contributed by atoms with Gasteiger partial charge in [0.05, 0.1) is 5.56 Å². The highest BCUT2D eigenvalue weighted by atomic mass is 79.9. The average Bonchev–Trinajstić information content (AvgIpc) is 2.37. The maximum atomic E-state index is 11.7. The zero-order valence-corrected chi connectivity index (χ0v) is 11.9. The smallest absolute Gasteiger partial charge is 0.255 e. The van der Waals surface area contributed by atoms with Gasteiger partial charge in [0.1, 0.15) is 0 Å². The predicted octanol–water partition coefficient (Wildman–Crippen LogP) is 2.64. The zero-order chi connectivity index (χ0) is 13.5. The van der Waals surface area contributed by atoms with E-state index in [1.807, 2.05) is 0 Å². The number of amides is 1. The highest BCUT2D eigenvalue weighted by Gasteiger charge is 2.13. The third-order valence-corrected chi connectivity index (χ3v) is 3.79. The molecule has 1 aromatic rings. The summed E-state index contributed by atoms with van der Waals surface area (Å²) in [6.07, 6.45) is 1.91. The summed E-state index contributed by atoms with van der Waals surface area (Å²) in [6, 6.07) is 4.34. The number of carbonyl (C=O) groups excluding carboxylic acids is 1. The Balaban J connectivity index is 2.44. The van der Waals surface area contributed by atoms with Crippen LogP contribution >= 0.6 is 15.9 Å². The summed E-state index contributed by atoms with van der Waals surface area (Å²) in [5, 5.41) is 22.5. The number of phenolic OH excluding ortho intramolecular Hbond substituents is 2. The number of hydrogen-bond acceptors (Lipinski definition) is 3. The van der Waals surface area contributed by atoms with E-state index >= 15 is 0 Å². The monoisotopic (exact) mass is 315 g/mol. The highest BCUT2D eigenvalue weighted by Crippen LogP contribution is 2.27. The molecule has 5 heteroatoms. The Hall–Kier alpha value is -1.23. The van der Waals surface area contributed by atoms with Crippen molar-refractivity contribution in [2.75, 3.05) is 11.9 Å². The fraction of sp³-hybridized carbons (Fsp3) is 0.462. The third kappa shape index (κ3) is 4.22. The molecule has 18 heavy (non-hydrogen) atoms. The molecule has 0 aliphatic rings. The predicted molar refractivity (Wildman–Crippen MR) is 74.3 cm³/mol. The topological polar surface area (TPSA) is 69.6 Å². The number of halogens is 1. The molecule has 1 unspecified atom stereocenters. The number of alkyl halides is 1. The summed E-state index contributed by atoms with van der Waals surface area (Å²) in [7, 11) is 0. The van der Waals surface area contributed by atoms with Gasteiger partial charge in [0.15, 0.2) is 11.5 Å². The summed E-state index contributed by atoms with van der Waals surface area (Å²) in [6.45, 7) is 2.70. The van der Waals surface area contributed by atoms with E-state index in [1.165, 1.54) is 18.2 Å². The number of nitrogens with one attached hydrogen (secondary N) is 1. The van der Waals surface area contributed by atoms with Crippen LogP contribution in [-0.4, -0.2) is 28.0 Å². The van der Waals surface area contributed by atoms with Crippen LogP contribution in [0.4, 0.5) is 0 Å². The van der Waals surface area contributed by atoms with E-state index in [9.17, 15) is 15.0 Å². The van der Waals surface area contributed by atoms with Gasteiger partial charge in [-0.2, -0.15) is 0 Å². The standard InChI is InChI=1S/C13H18BrNO3/c1-9(8-14)4-3-7-15-13(18)10-5-2-6-11(16)12(10)17/h2,5-6,9,16-17H,3-4,7-8H2,1H3,(H,15,18). The summed E-state index contributed by atoms with van der Waals surface area (Å²) >= 11 is 3.40. The Kier molecular flexibility index (Phi) is 5.98. The summed E-state index contributed by atoms with van der Waals surface area (Å²) in [5.41, 5.74) is 0.100. The van der Waals surface area contributed by atoms with E-state index in [1.54, 1.807) is 0 Å². The van der Waals surface area contributed by atoms with Crippen LogP contribution in [0.15, 0.2) is 18.2 Å². The van der Waals surface area contributed by atoms with Crippen molar-refractivity contribution in [2.45, 2.75) is 19.8 Å². The minimum absolute atomic E-state index is 0.100. The molecule has 0 saturated heterocycles. The van der Waals surface area contributed by atoms with Crippen molar-refractivity contribution in [1.29, 1.82) is 0 Å². The maximum Gasteiger partial charge on any atom is 0.255 e. The average molecular weight is 316 g/mol. The van der Waals surface area contributed by atoms with E-state index in [0.29, 0.717) is 12.5 Å². The molecule has 0 aromatic heterocycles. The zero-order valence-electron chi connectivity index (χ0n) is 10.3. The number of carbonyl (C=O) groups is 1. The van der Waals surface area contributed by atoms with E-state index in [4.69, 9.17) is 0 Å². The minimum atomic E-state index is -0.371. The van der Waals surface area contributed by atoms with Gasteiger partial charge in [0.2, 0.25) is 0 Å². The Morgan fingerprint density at radius 1 is 1.44 bits per heavy atom. The summed E-state index contributed by atoms with van der Waals surface area (Å²) in [5.74, 6) is -0.439. The molecule has 100 valence electrons. The van der Waals surface area contributed by atoms with E-state index in [0.717, 1.165) is 18.2 Å². The van der Waals surface area contributed by atoms with Crippen molar-refractivity contribution >= 4 is 21.8 Å². The molecule has 0 spiro atoms. The van der Waals surface area contributed by atoms with Gasteiger partial charge in [0, 0.05) is 11.9 Å². The molecule has 1 aromatic carbocycles. The molecule has 0 fully saturated rings. The fourth-order valence-electron chi connectivity index (χ4n) is 1.54. The van der Waals surface area contributed by atoms with Crippen molar-refractivity contribution < 1.29 is 15.0 Å². The van der Waals surface area contributed by atoms with Gasteiger partial charge in [-0.1, -0.05) is 28.9 Å². The third-order valence-electron chi connectivity index (χ3n) is 2.68. The second-order valence-corrected chi connectivity index (χ2v) is 4.98. The van der Waals surface area contributed by atoms with Crippen LogP contribution in [0.2, 0.25) is 0 Å². The molecule has 1 atom stereocenters. The molecule has 0 heterocycles. The second-order valence-electron chi connectivity index (χ2n) is 4.33. The number of phenols is 2. The van der Waals surface area contributed by atoms with Crippen LogP contribution in [0.5, 0.6) is 11.5 Å². The molecule has 0 aliphatic carbocycles. The molecule has 4 nitrogen and oxygen atoms in total. The van der Waals surface area contributed by atoms with Gasteiger partial charge in [-0.3, -0.25) is 4.79 Å². The number of aromatic hydroxyl groups is 2. The Bertz CT molecular complexity index is 409. The van der Waals surface area contributed by atoms with Gasteiger partial charge in [-0.25, -0.2) is 0 Å². The largest absolute Gasteiger partial charge is 0.504 e. The van der Waals surface area contributed by atoms with Gasteiger partial charge in [0.25, 0.3) is 5.91 Å². The van der Waals surface area contributed by atoms with Crippen LogP contribution in [0.25, 0.3) is 0 Å². The highest BCUT2D eigenvalue weighted by molar-refractivity contribution is 9.09. The lowest BCUT2D eigenvalue weighted by molar-refractivity contribution is 0.0949. The lowest BCUT2D eigenvalue weighted by Gasteiger charge is -2.09. The number of para-hydroxylation sites is 1. The van der Waals surface area contributed by atoms with Gasteiger partial charge < -0.3 is 15.5 Å². The Labute approximate surface area is 115 Å². The summed E-state index contributed by atoms with van der Waals surface area (Å²) in [4.78, 5) is 11.7.